The second kappa shape index (κ2) is 7.99. The van der Waals surface area contributed by atoms with Gasteiger partial charge in [-0.2, -0.15) is 5.10 Å². The zero-order valence-corrected chi connectivity index (χ0v) is 14.7. The van der Waals surface area contributed by atoms with Crippen LogP contribution in [0.5, 0.6) is 0 Å². The SMILES string of the molecule is CCNC(=NCc1ccc(-n2cccn2)cc1)N1CCCC(C)C1. The molecular weight excluding hydrogens is 298 g/mol. The van der Waals surface area contributed by atoms with Crippen LogP contribution in [0, 0.1) is 5.92 Å². The summed E-state index contributed by atoms with van der Waals surface area (Å²) in [4.78, 5) is 7.24. The number of benzene rings is 1. The Hall–Kier alpha value is -2.30. The van der Waals surface area contributed by atoms with Gasteiger partial charge in [-0.1, -0.05) is 19.1 Å². The van der Waals surface area contributed by atoms with Gasteiger partial charge in [-0.3, -0.25) is 0 Å². The summed E-state index contributed by atoms with van der Waals surface area (Å²) in [6.45, 7) is 8.26. The van der Waals surface area contributed by atoms with Crippen molar-refractivity contribution in [3.05, 3.63) is 48.3 Å². The van der Waals surface area contributed by atoms with Gasteiger partial charge >= 0.3 is 0 Å². The third-order valence-corrected chi connectivity index (χ3v) is 4.41. The molecule has 0 amide bonds. The molecule has 1 aromatic carbocycles. The lowest BCUT2D eigenvalue weighted by Crippen LogP contribution is -2.46. The second-order valence-electron chi connectivity index (χ2n) is 6.48. The normalized spacial score (nSPS) is 18.7. The molecular formula is C19H27N5. The zero-order chi connectivity index (χ0) is 16.8. The van der Waals surface area contributed by atoms with Crippen LogP contribution in [0.25, 0.3) is 5.69 Å². The molecule has 0 bridgehead atoms. The van der Waals surface area contributed by atoms with Crippen LogP contribution >= 0.6 is 0 Å². The van der Waals surface area contributed by atoms with Crippen LogP contribution in [0.2, 0.25) is 0 Å². The first-order chi connectivity index (χ1) is 11.8. The third-order valence-electron chi connectivity index (χ3n) is 4.41. The number of aliphatic imine (C=N–C) groups is 1. The van der Waals surface area contributed by atoms with Crippen LogP contribution in [0.15, 0.2) is 47.7 Å². The van der Waals surface area contributed by atoms with E-state index in [1.807, 2.05) is 16.9 Å². The summed E-state index contributed by atoms with van der Waals surface area (Å²) in [5.41, 5.74) is 2.29. The van der Waals surface area contributed by atoms with E-state index in [-0.39, 0.29) is 0 Å². The molecule has 1 aromatic heterocycles. The number of rotatable bonds is 4. The molecule has 0 aliphatic carbocycles. The van der Waals surface area contributed by atoms with Gasteiger partial charge in [0.2, 0.25) is 0 Å². The van der Waals surface area contributed by atoms with Crippen molar-refractivity contribution in [2.75, 3.05) is 19.6 Å². The Bertz CT molecular complexity index is 645. The Morgan fingerprint density at radius 1 is 1.33 bits per heavy atom. The first-order valence-corrected chi connectivity index (χ1v) is 8.88. The summed E-state index contributed by atoms with van der Waals surface area (Å²) in [6.07, 6.45) is 6.32. The minimum Gasteiger partial charge on any atom is -0.357 e. The van der Waals surface area contributed by atoms with E-state index in [0.717, 1.165) is 37.2 Å². The summed E-state index contributed by atoms with van der Waals surface area (Å²) >= 11 is 0. The number of hydrogen-bond donors (Lipinski definition) is 1. The van der Waals surface area contributed by atoms with Crippen LogP contribution in [0.4, 0.5) is 0 Å². The molecule has 3 rings (SSSR count). The number of piperidine rings is 1. The van der Waals surface area contributed by atoms with Gasteiger partial charge in [0.25, 0.3) is 0 Å². The standard InChI is InChI=1S/C19H27N5/c1-3-20-19(23-12-4-6-16(2)15-23)21-14-17-7-9-18(10-8-17)24-13-5-11-22-24/h5,7-11,13,16H,3-4,6,12,14-15H2,1-2H3,(H,20,21). The topological polar surface area (TPSA) is 45.5 Å². The van der Waals surface area contributed by atoms with E-state index in [2.05, 4.69) is 53.4 Å². The Kier molecular flexibility index (Phi) is 5.51. The van der Waals surface area contributed by atoms with E-state index in [9.17, 15) is 0 Å². The van der Waals surface area contributed by atoms with Gasteiger partial charge in [0, 0.05) is 32.0 Å². The number of nitrogens with zero attached hydrogens (tertiary/aromatic N) is 4. The van der Waals surface area contributed by atoms with Crippen molar-refractivity contribution in [3.63, 3.8) is 0 Å². The van der Waals surface area contributed by atoms with Crippen molar-refractivity contribution in [2.45, 2.75) is 33.2 Å². The van der Waals surface area contributed by atoms with Gasteiger partial charge in [0.1, 0.15) is 0 Å². The van der Waals surface area contributed by atoms with E-state index in [1.165, 1.54) is 18.4 Å². The number of guanidine groups is 1. The van der Waals surface area contributed by atoms with Crippen LogP contribution in [-0.2, 0) is 6.54 Å². The smallest absolute Gasteiger partial charge is 0.194 e. The summed E-state index contributed by atoms with van der Waals surface area (Å²) in [7, 11) is 0. The molecule has 0 saturated carbocycles. The van der Waals surface area contributed by atoms with Gasteiger partial charge in [0.05, 0.1) is 12.2 Å². The molecule has 1 aliphatic rings. The maximum atomic E-state index is 4.84. The molecule has 24 heavy (non-hydrogen) atoms. The fraction of sp³-hybridized carbons (Fsp3) is 0.474. The largest absolute Gasteiger partial charge is 0.357 e. The van der Waals surface area contributed by atoms with Crippen molar-refractivity contribution < 1.29 is 0 Å². The van der Waals surface area contributed by atoms with Crippen molar-refractivity contribution in [1.29, 1.82) is 0 Å². The molecule has 128 valence electrons. The summed E-state index contributed by atoms with van der Waals surface area (Å²) in [5.74, 6) is 1.79. The van der Waals surface area contributed by atoms with Crippen LogP contribution < -0.4 is 5.32 Å². The Morgan fingerprint density at radius 3 is 2.83 bits per heavy atom. The van der Waals surface area contributed by atoms with E-state index >= 15 is 0 Å². The average molecular weight is 325 g/mol. The van der Waals surface area contributed by atoms with Crippen molar-refractivity contribution in [1.82, 2.24) is 20.0 Å². The highest BCUT2D eigenvalue weighted by molar-refractivity contribution is 5.80. The molecule has 5 nitrogen and oxygen atoms in total. The van der Waals surface area contributed by atoms with Crippen LogP contribution in [0.3, 0.4) is 0 Å². The minimum atomic E-state index is 0.701. The quantitative estimate of drug-likeness (QED) is 0.694. The molecule has 2 aromatic rings. The lowest BCUT2D eigenvalue weighted by Gasteiger charge is -2.33. The van der Waals surface area contributed by atoms with E-state index in [1.54, 1.807) is 6.20 Å². The van der Waals surface area contributed by atoms with Gasteiger partial charge in [0.15, 0.2) is 5.96 Å². The van der Waals surface area contributed by atoms with Crippen molar-refractivity contribution >= 4 is 5.96 Å². The van der Waals surface area contributed by atoms with E-state index in [4.69, 9.17) is 4.99 Å². The Labute approximate surface area is 144 Å². The van der Waals surface area contributed by atoms with Crippen LogP contribution in [0.1, 0.15) is 32.3 Å². The zero-order valence-electron chi connectivity index (χ0n) is 14.7. The number of likely N-dealkylation sites (tertiary alicyclic amines) is 1. The van der Waals surface area contributed by atoms with Crippen LogP contribution in [-0.4, -0.2) is 40.3 Å². The number of hydrogen-bond acceptors (Lipinski definition) is 2. The fourth-order valence-corrected chi connectivity index (χ4v) is 3.15. The molecule has 1 fully saturated rings. The van der Waals surface area contributed by atoms with Crippen molar-refractivity contribution in [2.24, 2.45) is 10.9 Å². The molecule has 2 heterocycles. The highest BCUT2D eigenvalue weighted by Gasteiger charge is 2.18. The summed E-state index contributed by atoms with van der Waals surface area (Å²) in [5, 5.41) is 7.69. The Morgan fingerprint density at radius 2 is 2.17 bits per heavy atom. The first kappa shape index (κ1) is 16.6. The molecule has 0 spiro atoms. The predicted octanol–water partition coefficient (Wildman–Crippen LogP) is 3.07. The predicted molar refractivity (Wildman–Crippen MR) is 98.4 cm³/mol. The molecule has 1 N–H and O–H groups in total. The molecule has 5 heteroatoms. The maximum absolute atomic E-state index is 4.84. The summed E-state index contributed by atoms with van der Waals surface area (Å²) < 4.78 is 1.87. The average Bonchev–Trinajstić information content (AvgIpc) is 3.14. The lowest BCUT2D eigenvalue weighted by atomic mass is 10.0. The molecule has 1 aliphatic heterocycles. The highest BCUT2D eigenvalue weighted by atomic mass is 15.3. The van der Waals surface area contributed by atoms with Gasteiger partial charge in [-0.05, 0) is 49.4 Å². The van der Waals surface area contributed by atoms with E-state index < -0.39 is 0 Å². The summed E-state index contributed by atoms with van der Waals surface area (Å²) in [6, 6.07) is 10.4. The maximum Gasteiger partial charge on any atom is 0.194 e. The molecule has 1 unspecified atom stereocenters. The van der Waals surface area contributed by atoms with Gasteiger partial charge in [-0.25, -0.2) is 9.67 Å². The highest BCUT2D eigenvalue weighted by Crippen LogP contribution is 2.16. The van der Waals surface area contributed by atoms with E-state index in [0.29, 0.717) is 6.54 Å². The number of nitrogens with one attached hydrogen (secondary N) is 1. The molecule has 0 radical (unpaired) electrons. The second-order valence-corrected chi connectivity index (χ2v) is 6.48. The monoisotopic (exact) mass is 325 g/mol. The number of aromatic nitrogens is 2. The lowest BCUT2D eigenvalue weighted by molar-refractivity contribution is 0.266. The Balaban J connectivity index is 1.67. The van der Waals surface area contributed by atoms with Gasteiger partial charge < -0.3 is 10.2 Å². The van der Waals surface area contributed by atoms with Gasteiger partial charge in [-0.15, -0.1) is 0 Å². The fourth-order valence-electron chi connectivity index (χ4n) is 3.15. The van der Waals surface area contributed by atoms with Crippen molar-refractivity contribution in [3.8, 4) is 5.69 Å². The molecule has 1 atom stereocenters. The third kappa shape index (κ3) is 4.16. The first-order valence-electron chi connectivity index (χ1n) is 8.88. The molecule has 1 saturated heterocycles. The minimum absolute atomic E-state index is 0.701.